The minimum atomic E-state index is -3.70. The number of benzene rings is 3. The largest absolute Gasteiger partial charge is 0.351 e. The number of carbonyl (C=O) groups excluding carboxylic acids is 1. The normalized spacial score (nSPS) is 17.9. The SMILES string of the molecule is O=C1CC(c2ccc(C[C@H](Nc3nc4c(F)cccc4s3)c3nc4ccccc4[nH]3)cc2)S(=O)(=O)N1. The number of hydrogen-bond donors (Lipinski definition) is 3. The standard InChI is InChI=1S/C25H20FN5O3S2/c26-16-4-3-7-20-23(16)30-25(35-20)29-19(24-27-17-5-1-2-6-18(17)28-24)12-14-8-10-15(11-9-14)21-13-22(32)31-36(21,33)34/h1-11,19,21H,12-13H2,(H,27,28)(H,29,30)(H,31,32)/t19-,21?/m0/s1. The average Bonchev–Trinajstić information content (AvgIpc) is 3.54. The minimum absolute atomic E-state index is 0.0843. The molecule has 8 nitrogen and oxygen atoms in total. The lowest BCUT2D eigenvalue weighted by molar-refractivity contribution is -0.118. The van der Waals surface area contributed by atoms with Gasteiger partial charge in [0.05, 0.1) is 28.2 Å². The highest BCUT2D eigenvalue weighted by Crippen LogP contribution is 2.33. The van der Waals surface area contributed by atoms with Crippen molar-refractivity contribution in [2.45, 2.75) is 24.1 Å². The first-order valence-corrected chi connectivity index (χ1v) is 13.6. The van der Waals surface area contributed by atoms with Crippen LogP contribution in [-0.2, 0) is 21.2 Å². The van der Waals surface area contributed by atoms with Crippen molar-refractivity contribution in [3.05, 3.63) is 89.5 Å². The molecule has 2 atom stereocenters. The van der Waals surface area contributed by atoms with Crippen molar-refractivity contribution in [2.24, 2.45) is 0 Å². The number of nitrogens with one attached hydrogen (secondary N) is 3. The minimum Gasteiger partial charge on any atom is -0.351 e. The molecule has 5 aromatic rings. The number of sulfonamides is 1. The van der Waals surface area contributed by atoms with Crippen molar-refractivity contribution in [1.82, 2.24) is 19.7 Å². The van der Waals surface area contributed by atoms with Crippen molar-refractivity contribution in [1.29, 1.82) is 0 Å². The highest BCUT2D eigenvalue weighted by Gasteiger charge is 2.37. The Balaban J connectivity index is 1.32. The van der Waals surface area contributed by atoms with Crippen LogP contribution in [0, 0.1) is 5.82 Å². The van der Waals surface area contributed by atoms with E-state index in [-0.39, 0.29) is 18.3 Å². The number of aromatic nitrogens is 3. The fourth-order valence-electron chi connectivity index (χ4n) is 4.43. The second-order valence-electron chi connectivity index (χ2n) is 8.65. The first-order chi connectivity index (χ1) is 17.4. The van der Waals surface area contributed by atoms with Crippen molar-refractivity contribution >= 4 is 53.6 Å². The van der Waals surface area contributed by atoms with Crippen LogP contribution in [0.5, 0.6) is 0 Å². The van der Waals surface area contributed by atoms with Crippen LogP contribution in [0.15, 0.2) is 66.7 Å². The first kappa shape index (κ1) is 22.6. The van der Waals surface area contributed by atoms with E-state index in [0.717, 1.165) is 21.3 Å². The predicted octanol–water partition coefficient (Wildman–Crippen LogP) is 4.60. The van der Waals surface area contributed by atoms with Gasteiger partial charge in [0.15, 0.2) is 5.13 Å². The molecule has 1 aliphatic rings. The van der Waals surface area contributed by atoms with Gasteiger partial charge in [0, 0.05) is 0 Å². The third-order valence-electron chi connectivity index (χ3n) is 6.20. The molecule has 0 radical (unpaired) electrons. The Bertz CT molecular complexity index is 1680. The van der Waals surface area contributed by atoms with Gasteiger partial charge in [-0.15, -0.1) is 0 Å². The van der Waals surface area contributed by atoms with Gasteiger partial charge in [0.2, 0.25) is 15.9 Å². The lowest BCUT2D eigenvalue weighted by Gasteiger charge is -2.17. The molecule has 6 rings (SSSR count). The van der Waals surface area contributed by atoms with E-state index >= 15 is 0 Å². The summed E-state index contributed by atoms with van der Waals surface area (Å²) >= 11 is 1.36. The number of anilines is 1. The summed E-state index contributed by atoms with van der Waals surface area (Å²) in [6.45, 7) is 0. The zero-order chi connectivity index (χ0) is 24.9. The molecule has 3 N–H and O–H groups in total. The summed E-state index contributed by atoms with van der Waals surface area (Å²) in [6.07, 6.45) is 0.423. The lowest BCUT2D eigenvalue weighted by Crippen LogP contribution is -2.21. The second kappa shape index (κ2) is 8.68. The van der Waals surface area contributed by atoms with E-state index in [1.54, 1.807) is 18.2 Å². The number of aromatic amines is 1. The molecule has 182 valence electrons. The Hall–Kier alpha value is -3.83. The molecular weight excluding hydrogens is 501 g/mol. The molecule has 1 saturated heterocycles. The number of H-pyrrole nitrogens is 1. The molecule has 1 unspecified atom stereocenters. The third-order valence-corrected chi connectivity index (χ3v) is 8.85. The van der Waals surface area contributed by atoms with Gasteiger partial charge in [-0.25, -0.2) is 22.8 Å². The molecule has 11 heteroatoms. The summed E-state index contributed by atoms with van der Waals surface area (Å²) in [7, 11) is -3.70. The van der Waals surface area contributed by atoms with Crippen LogP contribution in [0.3, 0.4) is 0 Å². The number of halogens is 1. The van der Waals surface area contributed by atoms with E-state index < -0.39 is 21.2 Å². The number of para-hydroxylation sites is 3. The number of fused-ring (bicyclic) bond motifs is 2. The number of hydrogen-bond acceptors (Lipinski definition) is 7. The zero-order valence-electron chi connectivity index (χ0n) is 18.7. The maximum Gasteiger partial charge on any atom is 0.242 e. The molecule has 1 fully saturated rings. The van der Waals surface area contributed by atoms with Gasteiger partial charge in [0.25, 0.3) is 0 Å². The van der Waals surface area contributed by atoms with Gasteiger partial charge in [-0.05, 0) is 41.8 Å². The molecule has 36 heavy (non-hydrogen) atoms. The van der Waals surface area contributed by atoms with Crippen molar-refractivity contribution in [3.63, 3.8) is 0 Å². The first-order valence-electron chi connectivity index (χ1n) is 11.3. The molecule has 0 bridgehead atoms. The summed E-state index contributed by atoms with van der Waals surface area (Å²) in [5.74, 6) is -0.166. The predicted molar refractivity (Wildman–Crippen MR) is 137 cm³/mol. The summed E-state index contributed by atoms with van der Waals surface area (Å²) < 4.78 is 41.4. The number of nitrogens with zero attached hydrogens (tertiary/aromatic N) is 2. The monoisotopic (exact) mass is 521 g/mol. The smallest absolute Gasteiger partial charge is 0.242 e. The van der Waals surface area contributed by atoms with Gasteiger partial charge >= 0.3 is 0 Å². The molecule has 0 saturated carbocycles. The highest BCUT2D eigenvalue weighted by atomic mass is 32.2. The Kier molecular flexibility index (Phi) is 5.45. The third kappa shape index (κ3) is 4.20. The van der Waals surface area contributed by atoms with Gasteiger partial charge in [-0.1, -0.05) is 53.8 Å². The Labute approximate surface area is 209 Å². The summed E-state index contributed by atoms with van der Waals surface area (Å²) in [5, 5.41) is 3.09. The van der Waals surface area contributed by atoms with Crippen LogP contribution in [0.2, 0.25) is 0 Å². The topological polar surface area (TPSA) is 117 Å². The van der Waals surface area contributed by atoms with E-state index in [2.05, 4.69) is 15.3 Å². The van der Waals surface area contributed by atoms with E-state index in [4.69, 9.17) is 4.98 Å². The molecule has 3 aromatic carbocycles. The van der Waals surface area contributed by atoms with Crippen LogP contribution in [0.25, 0.3) is 21.3 Å². The van der Waals surface area contributed by atoms with Crippen LogP contribution < -0.4 is 10.0 Å². The lowest BCUT2D eigenvalue weighted by atomic mass is 10.0. The number of amides is 1. The molecule has 1 aliphatic heterocycles. The molecule has 1 amide bonds. The number of imidazole rings is 1. The number of carbonyl (C=O) groups is 1. The fourth-order valence-corrected chi connectivity index (χ4v) is 6.79. The van der Waals surface area contributed by atoms with Crippen molar-refractivity contribution in [3.8, 4) is 0 Å². The van der Waals surface area contributed by atoms with E-state index in [9.17, 15) is 17.6 Å². The fraction of sp³-hybridized carbons (Fsp3) is 0.160. The summed E-state index contributed by atoms with van der Waals surface area (Å²) in [5.41, 5.74) is 3.53. The van der Waals surface area contributed by atoms with Crippen LogP contribution in [0.4, 0.5) is 9.52 Å². The highest BCUT2D eigenvalue weighted by molar-refractivity contribution is 7.90. The Morgan fingerprint density at radius 2 is 1.86 bits per heavy atom. The summed E-state index contributed by atoms with van der Waals surface area (Å²) in [4.78, 5) is 24.2. The molecule has 3 heterocycles. The van der Waals surface area contributed by atoms with Gasteiger partial charge < -0.3 is 10.3 Å². The molecule has 2 aromatic heterocycles. The van der Waals surface area contributed by atoms with Crippen molar-refractivity contribution in [2.75, 3.05) is 5.32 Å². The number of rotatable bonds is 6. The second-order valence-corrected chi connectivity index (χ2v) is 11.5. The summed E-state index contributed by atoms with van der Waals surface area (Å²) in [6, 6.07) is 19.4. The molecular formula is C25H20FN5O3S2. The van der Waals surface area contributed by atoms with Crippen molar-refractivity contribution < 1.29 is 17.6 Å². The average molecular weight is 522 g/mol. The molecule has 0 spiro atoms. The maximum atomic E-state index is 14.2. The van der Waals surface area contributed by atoms with Crippen LogP contribution >= 0.6 is 11.3 Å². The van der Waals surface area contributed by atoms with Gasteiger partial charge in [0.1, 0.15) is 22.4 Å². The zero-order valence-corrected chi connectivity index (χ0v) is 20.4. The Morgan fingerprint density at radius 3 is 2.58 bits per heavy atom. The number of thiazole rings is 1. The molecule has 0 aliphatic carbocycles. The van der Waals surface area contributed by atoms with E-state index in [0.29, 0.717) is 28.5 Å². The maximum absolute atomic E-state index is 14.2. The quantitative estimate of drug-likeness (QED) is 0.301. The van der Waals surface area contributed by atoms with Crippen LogP contribution in [0.1, 0.15) is 34.7 Å². The van der Waals surface area contributed by atoms with Gasteiger partial charge in [-0.3, -0.25) is 9.52 Å². The van der Waals surface area contributed by atoms with E-state index in [1.807, 2.05) is 47.2 Å². The Morgan fingerprint density at radius 1 is 1.06 bits per heavy atom. The van der Waals surface area contributed by atoms with E-state index in [1.165, 1.54) is 17.4 Å². The van der Waals surface area contributed by atoms with Crippen LogP contribution in [-0.4, -0.2) is 29.3 Å². The van der Waals surface area contributed by atoms with Gasteiger partial charge in [-0.2, -0.15) is 0 Å².